The van der Waals surface area contributed by atoms with Crippen LogP contribution in [0.1, 0.15) is 36.1 Å². The number of piperidine rings is 1. The zero-order chi connectivity index (χ0) is 17.8. The Balaban J connectivity index is 1.45. The fourth-order valence-corrected chi connectivity index (χ4v) is 3.26. The summed E-state index contributed by atoms with van der Waals surface area (Å²) in [6.45, 7) is 4.56. The number of anilines is 1. The van der Waals surface area contributed by atoms with Crippen LogP contribution < -0.4 is 10.6 Å². The number of nitrogens with zero attached hydrogens (tertiary/aromatic N) is 4. The molecule has 1 aliphatic heterocycles. The zero-order valence-corrected chi connectivity index (χ0v) is 14.9. The predicted octanol–water partition coefficient (Wildman–Crippen LogP) is 2.65. The van der Waals surface area contributed by atoms with Crippen molar-refractivity contribution in [3.63, 3.8) is 0 Å². The Hall–Kier alpha value is -2.80. The second kappa shape index (κ2) is 7.61. The van der Waals surface area contributed by atoms with E-state index in [1.54, 1.807) is 0 Å². The first kappa shape index (κ1) is 16.7. The highest BCUT2D eigenvalue weighted by Crippen LogP contribution is 2.23. The highest BCUT2D eigenvalue weighted by atomic mass is 15.2. The molecule has 0 spiro atoms. The molecule has 1 aromatic carbocycles. The van der Waals surface area contributed by atoms with Crippen molar-refractivity contribution < 1.29 is 0 Å². The summed E-state index contributed by atoms with van der Waals surface area (Å²) >= 11 is 0. The molecule has 0 radical (unpaired) electrons. The SMILES string of the molecule is Cc1nc(NCc2nc(-c3ccccc3)n[nH]2)cc(C2CCCNC2)n1. The zero-order valence-electron chi connectivity index (χ0n) is 14.9. The molecular formula is C19H23N7. The molecule has 0 bridgehead atoms. The Kier molecular flexibility index (Phi) is 4.88. The quantitative estimate of drug-likeness (QED) is 0.656. The van der Waals surface area contributed by atoms with Gasteiger partial charge >= 0.3 is 0 Å². The van der Waals surface area contributed by atoms with Crippen molar-refractivity contribution in [2.24, 2.45) is 0 Å². The van der Waals surface area contributed by atoms with E-state index in [-0.39, 0.29) is 0 Å². The fourth-order valence-electron chi connectivity index (χ4n) is 3.26. The number of aryl methyl sites for hydroxylation is 1. The van der Waals surface area contributed by atoms with E-state index in [4.69, 9.17) is 0 Å². The maximum absolute atomic E-state index is 4.63. The largest absolute Gasteiger partial charge is 0.363 e. The van der Waals surface area contributed by atoms with Gasteiger partial charge in [-0.25, -0.2) is 15.0 Å². The lowest BCUT2D eigenvalue weighted by atomic mass is 9.96. The number of rotatable bonds is 5. The number of hydrogen-bond donors (Lipinski definition) is 3. The smallest absolute Gasteiger partial charge is 0.181 e. The summed E-state index contributed by atoms with van der Waals surface area (Å²) in [6.07, 6.45) is 2.36. The van der Waals surface area contributed by atoms with Crippen LogP contribution >= 0.6 is 0 Å². The van der Waals surface area contributed by atoms with Crippen molar-refractivity contribution in [2.75, 3.05) is 18.4 Å². The third-order valence-corrected chi connectivity index (χ3v) is 4.57. The van der Waals surface area contributed by atoms with Crippen LogP contribution in [0.25, 0.3) is 11.4 Å². The molecule has 1 fully saturated rings. The minimum absolute atomic E-state index is 0.459. The number of H-pyrrole nitrogens is 1. The number of aromatic nitrogens is 5. The number of hydrogen-bond acceptors (Lipinski definition) is 6. The molecule has 0 amide bonds. The van der Waals surface area contributed by atoms with Gasteiger partial charge in [0.05, 0.1) is 12.2 Å². The van der Waals surface area contributed by atoms with Crippen LogP contribution in [0.5, 0.6) is 0 Å². The first-order chi connectivity index (χ1) is 12.8. The van der Waals surface area contributed by atoms with E-state index in [1.807, 2.05) is 37.3 Å². The summed E-state index contributed by atoms with van der Waals surface area (Å²) in [7, 11) is 0. The summed E-state index contributed by atoms with van der Waals surface area (Å²) < 4.78 is 0. The molecule has 3 N–H and O–H groups in total. The van der Waals surface area contributed by atoms with Crippen LogP contribution in [0.15, 0.2) is 36.4 Å². The molecule has 1 unspecified atom stereocenters. The third-order valence-electron chi connectivity index (χ3n) is 4.57. The summed E-state index contributed by atoms with van der Waals surface area (Å²) in [4.78, 5) is 13.7. The van der Waals surface area contributed by atoms with Gasteiger partial charge in [0.2, 0.25) is 0 Å². The second-order valence-electron chi connectivity index (χ2n) is 6.59. The Bertz CT molecular complexity index is 853. The molecule has 26 heavy (non-hydrogen) atoms. The van der Waals surface area contributed by atoms with Gasteiger partial charge in [0.25, 0.3) is 0 Å². The van der Waals surface area contributed by atoms with Crippen LogP contribution in [0.2, 0.25) is 0 Å². The van der Waals surface area contributed by atoms with Crippen molar-refractivity contribution in [3.8, 4) is 11.4 Å². The topological polar surface area (TPSA) is 91.4 Å². The van der Waals surface area contributed by atoms with E-state index in [0.717, 1.165) is 41.8 Å². The molecule has 4 rings (SSSR count). The molecule has 7 nitrogen and oxygen atoms in total. The van der Waals surface area contributed by atoms with E-state index < -0.39 is 0 Å². The Morgan fingerprint density at radius 3 is 2.85 bits per heavy atom. The first-order valence-electron chi connectivity index (χ1n) is 9.05. The molecule has 134 valence electrons. The Morgan fingerprint density at radius 2 is 2.04 bits per heavy atom. The fraction of sp³-hybridized carbons (Fsp3) is 0.368. The molecule has 2 aromatic heterocycles. The standard InChI is InChI=1S/C19H23N7/c1-13-22-16(15-8-5-9-20-11-15)10-17(23-13)21-12-18-24-19(26-25-18)14-6-3-2-4-7-14/h2-4,6-7,10,15,20H,5,8-9,11-12H2,1H3,(H,21,22,23)(H,24,25,26). The average Bonchev–Trinajstić information content (AvgIpc) is 3.16. The second-order valence-corrected chi connectivity index (χ2v) is 6.59. The van der Waals surface area contributed by atoms with E-state index in [9.17, 15) is 0 Å². The monoisotopic (exact) mass is 349 g/mol. The predicted molar refractivity (Wildman–Crippen MR) is 101 cm³/mol. The van der Waals surface area contributed by atoms with Gasteiger partial charge in [-0.1, -0.05) is 30.3 Å². The van der Waals surface area contributed by atoms with Gasteiger partial charge in [-0.2, -0.15) is 5.10 Å². The summed E-state index contributed by atoms with van der Waals surface area (Å²) in [5.41, 5.74) is 2.11. The highest BCUT2D eigenvalue weighted by Gasteiger charge is 2.17. The van der Waals surface area contributed by atoms with Crippen molar-refractivity contribution in [2.45, 2.75) is 32.2 Å². The number of benzene rings is 1. The van der Waals surface area contributed by atoms with Gasteiger partial charge in [-0.3, -0.25) is 5.10 Å². The molecule has 1 atom stereocenters. The lowest BCUT2D eigenvalue weighted by Gasteiger charge is -2.22. The van der Waals surface area contributed by atoms with E-state index in [1.165, 1.54) is 12.8 Å². The van der Waals surface area contributed by atoms with Gasteiger partial charge in [0.1, 0.15) is 17.5 Å². The average molecular weight is 349 g/mol. The Labute approximate surface area is 152 Å². The summed E-state index contributed by atoms with van der Waals surface area (Å²) in [5, 5.41) is 14.1. The maximum atomic E-state index is 4.63. The number of nitrogens with one attached hydrogen (secondary N) is 3. The summed E-state index contributed by atoms with van der Waals surface area (Å²) in [5.74, 6) is 3.56. The van der Waals surface area contributed by atoms with Crippen LogP contribution in [0.3, 0.4) is 0 Å². The third kappa shape index (κ3) is 3.88. The molecule has 7 heteroatoms. The van der Waals surface area contributed by atoms with Crippen molar-refractivity contribution in [1.82, 2.24) is 30.5 Å². The molecule has 0 saturated carbocycles. The molecule has 3 aromatic rings. The first-order valence-corrected chi connectivity index (χ1v) is 9.05. The normalized spacial score (nSPS) is 17.2. The highest BCUT2D eigenvalue weighted by molar-refractivity contribution is 5.53. The molecule has 0 aliphatic carbocycles. The summed E-state index contributed by atoms with van der Waals surface area (Å²) in [6, 6.07) is 12.0. The van der Waals surface area contributed by atoms with Crippen molar-refractivity contribution >= 4 is 5.82 Å². The Morgan fingerprint density at radius 1 is 1.15 bits per heavy atom. The van der Waals surface area contributed by atoms with Gasteiger partial charge in [-0.15, -0.1) is 0 Å². The number of aromatic amines is 1. The van der Waals surface area contributed by atoms with Crippen molar-refractivity contribution in [3.05, 3.63) is 53.7 Å². The van der Waals surface area contributed by atoms with Gasteiger partial charge in [0, 0.05) is 24.1 Å². The minimum Gasteiger partial charge on any atom is -0.363 e. The van der Waals surface area contributed by atoms with E-state index in [0.29, 0.717) is 18.3 Å². The lowest BCUT2D eigenvalue weighted by molar-refractivity contribution is 0.453. The molecule has 3 heterocycles. The molecule has 1 aliphatic rings. The van der Waals surface area contributed by atoms with Gasteiger partial charge < -0.3 is 10.6 Å². The minimum atomic E-state index is 0.459. The van der Waals surface area contributed by atoms with E-state index >= 15 is 0 Å². The molecular weight excluding hydrogens is 326 g/mol. The maximum Gasteiger partial charge on any atom is 0.181 e. The van der Waals surface area contributed by atoms with Crippen LogP contribution in [-0.2, 0) is 6.54 Å². The molecule has 1 saturated heterocycles. The van der Waals surface area contributed by atoms with Crippen molar-refractivity contribution in [1.29, 1.82) is 0 Å². The van der Waals surface area contributed by atoms with Gasteiger partial charge in [-0.05, 0) is 26.3 Å². The van der Waals surface area contributed by atoms with Gasteiger partial charge in [0.15, 0.2) is 5.82 Å². The van der Waals surface area contributed by atoms with E-state index in [2.05, 4.69) is 41.8 Å². The van der Waals surface area contributed by atoms with Crippen LogP contribution in [0.4, 0.5) is 5.82 Å². The van der Waals surface area contributed by atoms with Crippen LogP contribution in [-0.4, -0.2) is 38.2 Å². The van der Waals surface area contributed by atoms with Crippen LogP contribution in [0, 0.1) is 6.92 Å². The lowest BCUT2D eigenvalue weighted by Crippen LogP contribution is -2.29.